The number of amides is 1. The summed E-state index contributed by atoms with van der Waals surface area (Å²) < 4.78 is 39.7. The molecule has 0 aliphatic heterocycles. The van der Waals surface area contributed by atoms with Crippen LogP contribution < -0.4 is 10.6 Å². The van der Waals surface area contributed by atoms with E-state index in [0.29, 0.717) is 11.3 Å². The van der Waals surface area contributed by atoms with Crippen LogP contribution in [0.3, 0.4) is 0 Å². The maximum absolute atomic E-state index is 13.2. The summed E-state index contributed by atoms with van der Waals surface area (Å²) >= 11 is 0. The first-order chi connectivity index (χ1) is 13.7. The van der Waals surface area contributed by atoms with E-state index in [1.165, 1.54) is 24.5 Å². The van der Waals surface area contributed by atoms with E-state index in [1.807, 2.05) is 32.0 Å². The highest BCUT2D eigenvalue weighted by molar-refractivity contribution is 5.95. The van der Waals surface area contributed by atoms with Gasteiger partial charge in [0.15, 0.2) is 11.5 Å². The lowest BCUT2D eigenvalue weighted by Crippen LogP contribution is -2.23. The number of rotatable bonds is 5. The van der Waals surface area contributed by atoms with Gasteiger partial charge in [-0.15, -0.1) is 0 Å². The van der Waals surface area contributed by atoms with Crippen molar-refractivity contribution in [3.8, 4) is 11.4 Å². The number of anilines is 2. The number of hydrogen-bond donors (Lipinski definition) is 2. The molecule has 6 nitrogen and oxygen atoms in total. The largest absolute Gasteiger partial charge is 0.433 e. The third-order valence-electron chi connectivity index (χ3n) is 4.13. The smallest absolute Gasteiger partial charge is 0.361 e. The number of aryl methyl sites for hydroxylation is 2. The van der Waals surface area contributed by atoms with Crippen molar-refractivity contribution in [1.29, 1.82) is 0 Å². The highest BCUT2D eigenvalue weighted by atomic mass is 19.4. The molecule has 0 radical (unpaired) electrons. The lowest BCUT2D eigenvalue weighted by atomic mass is 10.1. The Bertz CT molecular complexity index is 1000. The van der Waals surface area contributed by atoms with Gasteiger partial charge in [-0.3, -0.25) is 9.78 Å². The average molecular weight is 401 g/mol. The van der Waals surface area contributed by atoms with Crippen molar-refractivity contribution in [2.45, 2.75) is 20.0 Å². The number of hydrogen-bond acceptors (Lipinski definition) is 5. The molecule has 0 atom stereocenters. The molecule has 0 fully saturated rings. The second-order valence-corrected chi connectivity index (χ2v) is 6.36. The molecule has 29 heavy (non-hydrogen) atoms. The van der Waals surface area contributed by atoms with Crippen LogP contribution in [0.2, 0.25) is 0 Å². The molecule has 0 saturated carbocycles. The zero-order valence-electron chi connectivity index (χ0n) is 15.7. The van der Waals surface area contributed by atoms with Gasteiger partial charge in [0.1, 0.15) is 5.82 Å². The minimum Gasteiger partial charge on any atom is -0.361 e. The van der Waals surface area contributed by atoms with Gasteiger partial charge in [0.2, 0.25) is 5.91 Å². The number of pyridine rings is 1. The number of alkyl halides is 3. The van der Waals surface area contributed by atoms with E-state index < -0.39 is 17.8 Å². The molecule has 0 aliphatic carbocycles. The molecule has 2 heterocycles. The molecular formula is C20H18F3N5O. The van der Waals surface area contributed by atoms with E-state index in [9.17, 15) is 18.0 Å². The van der Waals surface area contributed by atoms with Crippen molar-refractivity contribution in [2.75, 3.05) is 17.2 Å². The fourth-order valence-electron chi connectivity index (χ4n) is 2.68. The summed E-state index contributed by atoms with van der Waals surface area (Å²) in [4.78, 5) is 23.8. The van der Waals surface area contributed by atoms with Gasteiger partial charge in [0, 0.05) is 29.7 Å². The Balaban J connectivity index is 1.80. The minimum absolute atomic E-state index is 0.101. The SMILES string of the molecule is Cc1cccc(C)c1NC(=O)CNc1cc(C(F)(F)F)nc(-c2ccncc2)n1. The Morgan fingerprint density at radius 2 is 1.69 bits per heavy atom. The Morgan fingerprint density at radius 3 is 2.31 bits per heavy atom. The highest BCUT2D eigenvalue weighted by Gasteiger charge is 2.33. The third kappa shape index (κ3) is 5.07. The Morgan fingerprint density at radius 1 is 1.03 bits per heavy atom. The van der Waals surface area contributed by atoms with Crippen LogP contribution in [0.15, 0.2) is 48.8 Å². The molecule has 0 unspecified atom stereocenters. The summed E-state index contributed by atoms with van der Waals surface area (Å²) in [6.07, 6.45) is -1.78. The van der Waals surface area contributed by atoms with Gasteiger partial charge in [-0.1, -0.05) is 18.2 Å². The molecule has 150 valence electrons. The second kappa shape index (κ2) is 8.26. The normalized spacial score (nSPS) is 11.2. The number of para-hydroxylation sites is 1. The summed E-state index contributed by atoms with van der Waals surface area (Å²) in [6, 6.07) is 9.38. The first kappa shape index (κ1) is 20.2. The fraction of sp³-hybridized carbons (Fsp3) is 0.200. The van der Waals surface area contributed by atoms with Crippen LogP contribution in [0.25, 0.3) is 11.4 Å². The van der Waals surface area contributed by atoms with Gasteiger partial charge >= 0.3 is 6.18 Å². The minimum atomic E-state index is -4.65. The van der Waals surface area contributed by atoms with Crippen molar-refractivity contribution in [2.24, 2.45) is 0 Å². The molecule has 0 bridgehead atoms. The van der Waals surface area contributed by atoms with Crippen LogP contribution in [0.5, 0.6) is 0 Å². The van der Waals surface area contributed by atoms with Crippen molar-refractivity contribution >= 4 is 17.4 Å². The molecule has 2 N–H and O–H groups in total. The highest BCUT2D eigenvalue weighted by Crippen LogP contribution is 2.30. The molecule has 3 aromatic rings. The predicted octanol–water partition coefficient (Wildman–Crippen LogP) is 4.22. The van der Waals surface area contributed by atoms with Crippen LogP contribution in [0.4, 0.5) is 24.7 Å². The van der Waals surface area contributed by atoms with Crippen LogP contribution in [0.1, 0.15) is 16.8 Å². The number of halogens is 3. The molecule has 1 aromatic carbocycles. The maximum atomic E-state index is 13.2. The van der Waals surface area contributed by atoms with E-state index in [0.717, 1.165) is 17.2 Å². The van der Waals surface area contributed by atoms with E-state index >= 15 is 0 Å². The van der Waals surface area contributed by atoms with E-state index in [-0.39, 0.29) is 18.2 Å². The van der Waals surface area contributed by atoms with Crippen LogP contribution in [-0.4, -0.2) is 27.4 Å². The van der Waals surface area contributed by atoms with Crippen LogP contribution in [0, 0.1) is 13.8 Å². The quantitative estimate of drug-likeness (QED) is 0.669. The van der Waals surface area contributed by atoms with Crippen molar-refractivity contribution < 1.29 is 18.0 Å². The van der Waals surface area contributed by atoms with Gasteiger partial charge in [0.05, 0.1) is 6.54 Å². The molecule has 0 spiro atoms. The molecule has 1 amide bonds. The fourth-order valence-corrected chi connectivity index (χ4v) is 2.68. The summed E-state index contributed by atoms with van der Waals surface area (Å²) in [5, 5.41) is 5.41. The van der Waals surface area contributed by atoms with Gasteiger partial charge in [-0.2, -0.15) is 13.2 Å². The summed E-state index contributed by atoms with van der Waals surface area (Å²) in [7, 11) is 0. The molecular weight excluding hydrogens is 383 g/mol. The van der Waals surface area contributed by atoms with Gasteiger partial charge in [0.25, 0.3) is 0 Å². The summed E-state index contributed by atoms with van der Waals surface area (Å²) in [5.41, 5.74) is 1.74. The third-order valence-corrected chi connectivity index (χ3v) is 4.13. The molecule has 9 heteroatoms. The zero-order valence-corrected chi connectivity index (χ0v) is 15.7. The first-order valence-electron chi connectivity index (χ1n) is 8.70. The maximum Gasteiger partial charge on any atom is 0.433 e. The van der Waals surface area contributed by atoms with E-state index in [1.54, 1.807) is 0 Å². The van der Waals surface area contributed by atoms with Gasteiger partial charge < -0.3 is 10.6 Å². The van der Waals surface area contributed by atoms with Crippen molar-refractivity contribution in [1.82, 2.24) is 15.0 Å². The number of nitrogens with one attached hydrogen (secondary N) is 2. The lowest BCUT2D eigenvalue weighted by molar-refractivity contribution is -0.141. The van der Waals surface area contributed by atoms with Crippen molar-refractivity contribution in [3.05, 3.63) is 65.6 Å². The van der Waals surface area contributed by atoms with Gasteiger partial charge in [-0.25, -0.2) is 9.97 Å². The Hall–Kier alpha value is -3.49. The Labute approximate surface area is 165 Å². The van der Waals surface area contributed by atoms with Gasteiger partial charge in [-0.05, 0) is 37.1 Å². The summed E-state index contributed by atoms with van der Waals surface area (Å²) in [6.45, 7) is 3.46. The molecule has 2 aromatic heterocycles. The number of nitrogens with zero attached hydrogens (tertiary/aromatic N) is 3. The number of carbonyl (C=O) groups excluding carboxylic acids is 1. The molecule has 3 rings (SSSR count). The lowest BCUT2D eigenvalue weighted by Gasteiger charge is -2.13. The van der Waals surface area contributed by atoms with E-state index in [2.05, 4.69) is 25.6 Å². The topological polar surface area (TPSA) is 79.8 Å². The summed E-state index contributed by atoms with van der Waals surface area (Å²) in [5.74, 6) is -0.615. The number of aromatic nitrogens is 3. The first-order valence-corrected chi connectivity index (χ1v) is 8.70. The Kier molecular flexibility index (Phi) is 5.76. The number of carbonyl (C=O) groups is 1. The van der Waals surface area contributed by atoms with E-state index in [4.69, 9.17) is 0 Å². The molecule has 0 saturated heterocycles. The second-order valence-electron chi connectivity index (χ2n) is 6.36. The van der Waals surface area contributed by atoms with Crippen molar-refractivity contribution in [3.63, 3.8) is 0 Å². The zero-order chi connectivity index (χ0) is 21.0. The molecule has 0 aliphatic rings. The predicted molar refractivity (Wildman–Crippen MR) is 103 cm³/mol. The van der Waals surface area contributed by atoms with Crippen LogP contribution >= 0.6 is 0 Å². The standard InChI is InChI=1S/C20H18F3N5O/c1-12-4-3-5-13(2)18(12)28-17(29)11-25-16-10-15(20(21,22)23)26-19(27-16)14-6-8-24-9-7-14/h3-10H,11H2,1-2H3,(H,28,29)(H,25,26,27). The number of benzene rings is 1. The monoisotopic (exact) mass is 401 g/mol. The van der Waals surface area contributed by atoms with Crippen LogP contribution in [-0.2, 0) is 11.0 Å². The average Bonchev–Trinajstić information content (AvgIpc) is 2.69.